The molecule has 2 saturated heterocycles. The zero-order chi connectivity index (χ0) is 27.4. The number of nitrogens with one attached hydrogen (secondary N) is 2. The number of hydrogen-bond acceptors (Lipinski definition) is 5. The molecular formula is C30H33N5O4. The Balaban J connectivity index is 1.30. The number of ether oxygens (including phenoxy) is 1. The zero-order valence-electron chi connectivity index (χ0n) is 22.2. The highest BCUT2D eigenvalue weighted by atomic mass is 16.5. The smallest absolute Gasteiger partial charge is 0.321 e. The van der Waals surface area contributed by atoms with Gasteiger partial charge in [-0.2, -0.15) is 0 Å². The molecule has 3 aromatic carbocycles. The molecule has 4 amide bonds. The number of rotatable bonds is 6. The number of methoxy groups -OCH3 is 1. The maximum absolute atomic E-state index is 13.9. The SMILES string of the molecule is COc1cccc(NC(=O)CN2CN(c3ccccc3)C3(CCN(C(=O)Nc4cccc(C)c4)CC3)C2=O)c1. The first-order chi connectivity index (χ1) is 18.9. The molecule has 0 aliphatic carbocycles. The van der Waals surface area contributed by atoms with Crippen LogP contribution in [0.1, 0.15) is 18.4 Å². The van der Waals surface area contributed by atoms with Crippen LogP contribution in [-0.2, 0) is 9.59 Å². The van der Waals surface area contributed by atoms with E-state index in [-0.39, 0.29) is 24.4 Å². The number of nitrogens with zero attached hydrogens (tertiary/aromatic N) is 3. The molecule has 0 unspecified atom stereocenters. The van der Waals surface area contributed by atoms with E-state index in [9.17, 15) is 14.4 Å². The highest BCUT2D eigenvalue weighted by molar-refractivity contribution is 5.99. The summed E-state index contributed by atoms with van der Waals surface area (Å²) in [6, 6.07) is 24.4. The van der Waals surface area contributed by atoms with Gasteiger partial charge in [0.15, 0.2) is 0 Å². The monoisotopic (exact) mass is 527 g/mol. The molecule has 2 N–H and O–H groups in total. The van der Waals surface area contributed by atoms with Crippen LogP contribution in [0.15, 0.2) is 78.9 Å². The van der Waals surface area contributed by atoms with Crippen molar-refractivity contribution < 1.29 is 19.1 Å². The predicted molar refractivity (Wildman–Crippen MR) is 151 cm³/mol. The number of hydrogen-bond donors (Lipinski definition) is 2. The third kappa shape index (κ3) is 5.52. The average molecular weight is 528 g/mol. The second-order valence-corrected chi connectivity index (χ2v) is 10.0. The van der Waals surface area contributed by atoms with Gasteiger partial charge in [0.05, 0.1) is 13.8 Å². The van der Waals surface area contributed by atoms with E-state index < -0.39 is 5.54 Å². The molecule has 0 saturated carbocycles. The fourth-order valence-corrected chi connectivity index (χ4v) is 5.40. The van der Waals surface area contributed by atoms with Crippen LogP contribution in [0.2, 0.25) is 0 Å². The Morgan fingerprint density at radius 1 is 0.897 bits per heavy atom. The van der Waals surface area contributed by atoms with Crippen LogP contribution in [-0.4, -0.2) is 66.6 Å². The molecule has 2 fully saturated rings. The summed E-state index contributed by atoms with van der Waals surface area (Å²) in [6.07, 6.45) is 0.936. The minimum atomic E-state index is -0.822. The van der Waals surface area contributed by atoms with E-state index in [4.69, 9.17) is 4.74 Å². The quantitative estimate of drug-likeness (QED) is 0.498. The molecule has 0 radical (unpaired) electrons. The van der Waals surface area contributed by atoms with E-state index in [1.54, 1.807) is 41.2 Å². The molecular weight excluding hydrogens is 494 g/mol. The van der Waals surface area contributed by atoms with Crippen LogP contribution in [0.4, 0.5) is 21.9 Å². The second kappa shape index (κ2) is 11.1. The van der Waals surface area contributed by atoms with Gasteiger partial charge in [-0.05, 0) is 61.7 Å². The van der Waals surface area contributed by atoms with E-state index in [0.717, 1.165) is 16.9 Å². The summed E-state index contributed by atoms with van der Waals surface area (Å²) in [5.74, 6) is 0.264. The summed E-state index contributed by atoms with van der Waals surface area (Å²) in [4.78, 5) is 45.3. The Bertz CT molecular complexity index is 1350. The van der Waals surface area contributed by atoms with Gasteiger partial charge in [-0.15, -0.1) is 0 Å². The molecule has 9 heteroatoms. The Labute approximate surface area is 228 Å². The van der Waals surface area contributed by atoms with Crippen molar-refractivity contribution in [2.24, 2.45) is 0 Å². The third-order valence-corrected chi connectivity index (χ3v) is 7.42. The van der Waals surface area contributed by atoms with Crippen molar-refractivity contribution in [3.05, 3.63) is 84.4 Å². The van der Waals surface area contributed by atoms with Gasteiger partial charge in [0.25, 0.3) is 5.91 Å². The van der Waals surface area contributed by atoms with Crippen LogP contribution in [0.3, 0.4) is 0 Å². The number of likely N-dealkylation sites (tertiary alicyclic amines) is 1. The number of piperidine rings is 1. The molecule has 0 aromatic heterocycles. The number of para-hydroxylation sites is 1. The summed E-state index contributed by atoms with van der Waals surface area (Å²) >= 11 is 0. The van der Waals surface area contributed by atoms with E-state index in [1.165, 1.54) is 0 Å². The minimum Gasteiger partial charge on any atom is -0.497 e. The Morgan fingerprint density at radius 2 is 1.59 bits per heavy atom. The van der Waals surface area contributed by atoms with Crippen molar-refractivity contribution in [1.29, 1.82) is 0 Å². The largest absolute Gasteiger partial charge is 0.497 e. The Hall–Kier alpha value is -4.53. The Morgan fingerprint density at radius 3 is 2.28 bits per heavy atom. The number of amides is 4. The summed E-state index contributed by atoms with van der Waals surface area (Å²) in [6.45, 7) is 3.06. The summed E-state index contributed by atoms with van der Waals surface area (Å²) in [5.41, 5.74) is 2.51. The van der Waals surface area contributed by atoms with E-state index in [0.29, 0.717) is 44.0 Å². The van der Waals surface area contributed by atoms with Crippen LogP contribution in [0, 0.1) is 6.92 Å². The van der Waals surface area contributed by atoms with Gasteiger partial charge in [-0.25, -0.2) is 4.79 Å². The van der Waals surface area contributed by atoms with Crippen molar-refractivity contribution in [2.75, 3.05) is 48.9 Å². The number of anilines is 3. The first kappa shape index (κ1) is 26.1. The molecule has 2 aliphatic heterocycles. The fourth-order valence-electron chi connectivity index (χ4n) is 5.40. The number of carbonyl (C=O) groups is 3. The van der Waals surface area contributed by atoms with Gasteiger partial charge in [0, 0.05) is 36.2 Å². The Kier molecular flexibility index (Phi) is 7.40. The van der Waals surface area contributed by atoms with Gasteiger partial charge in [0.2, 0.25) is 5.91 Å². The molecule has 2 heterocycles. The van der Waals surface area contributed by atoms with Gasteiger partial charge in [0.1, 0.15) is 17.8 Å². The van der Waals surface area contributed by atoms with Crippen LogP contribution in [0.25, 0.3) is 0 Å². The van der Waals surface area contributed by atoms with Crippen molar-refractivity contribution in [3.63, 3.8) is 0 Å². The minimum absolute atomic E-state index is 0.0707. The van der Waals surface area contributed by atoms with E-state index in [1.807, 2.05) is 61.5 Å². The second-order valence-electron chi connectivity index (χ2n) is 10.0. The standard InChI is InChI=1S/C30H33N5O4/c1-22-8-6-9-23(18-22)32-29(38)33-16-14-30(15-17-33)28(37)34(21-35(30)25-11-4-3-5-12-25)20-27(36)31-24-10-7-13-26(19-24)39-2/h3-13,18-19H,14-17,20-21H2,1-2H3,(H,31,36)(H,32,38). The van der Waals surface area contributed by atoms with Crippen molar-refractivity contribution in [3.8, 4) is 5.75 Å². The molecule has 5 rings (SSSR count). The van der Waals surface area contributed by atoms with E-state index in [2.05, 4.69) is 15.5 Å². The van der Waals surface area contributed by atoms with Gasteiger partial charge >= 0.3 is 6.03 Å². The summed E-state index contributed by atoms with van der Waals surface area (Å²) in [5, 5.41) is 5.83. The molecule has 1 spiro atoms. The van der Waals surface area contributed by atoms with Crippen molar-refractivity contribution >= 4 is 34.9 Å². The molecule has 2 aliphatic rings. The highest BCUT2D eigenvalue weighted by Crippen LogP contribution is 2.39. The van der Waals surface area contributed by atoms with Crippen LogP contribution < -0.4 is 20.3 Å². The average Bonchev–Trinajstić information content (AvgIpc) is 3.20. The molecule has 39 heavy (non-hydrogen) atoms. The van der Waals surface area contributed by atoms with Crippen LogP contribution >= 0.6 is 0 Å². The normalized spacial score (nSPS) is 16.4. The van der Waals surface area contributed by atoms with E-state index >= 15 is 0 Å². The zero-order valence-corrected chi connectivity index (χ0v) is 22.2. The first-order valence-electron chi connectivity index (χ1n) is 13.1. The number of carbonyl (C=O) groups excluding carboxylic acids is 3. The fraction of sp³-hybridized carbons (Fsp3) is 0.300. The van der Waals surface area contributed by atoms with Gasteiger partial charge < -0.3 is 30.1 Å². The first-order valence-corrected chi connectivity index (χ1v) is 13.1. The van der Waals surface area contributed by atoms with Crippen LogP contribution in [0.5, 0.6) is 5.75 Å². The third-order valence-electron chi connectivity index (χ3n) is 7.42. The lowest BCUT2D eigenvalue weighted by Gasteiger charge is -2.43. The number of benzene rings is 3. The maximum atomic E-state index is 13.9. The molecule has 9 nitrogen and oxygen atoms in total. The molecule has 3 aromatic rings. The lowest BCUT2D eigenvalue weighted by atomic mass is 9.85. The van der Waals surface area contributed by atoms with Gasteiger partial charge in [-0.3, -0.25) is 9.59 Å². The lowest BCUT2D eigenvalue weighted by Crippen LogP contribution is -2.58. The topological polar surface area (TPSA) is 94.2 Å². The van der Waals surface area contributed by atoms with Gasteiger partial charge in [-0.1, -0.05) is 36.4 Å². The summed E-state index contributed by atoms with van der Waals surface area (Å²) < 4.78 is 5.23. The lowest BCUT2D eigenvalue weighted by molar-refractivity contribution is -0.136. The van der Waals surface area contributed by atoms with Crippen molar-refractivity contribution in [1.82, 2.24) is 9.80 Å². The highest BCUT2D eigenvalue weighted by Gasteiger charge is 2.54. The van der Waals surface area contributed by atoms with Crippen molar-refractivity contribution in [2.45, 2.75) is 25.3 Å². The molecule has 0 bridgehead atoms. The number of urea groups is 1. The maximum Gasteiger partial charge on any atom is 0.321 e. The summed E-state index contributed by atoms with van der Waals surface area (Å²) in [7, 11) is 1.57. The predicted octanol–water partition coefficient (Wildman–Crippen LogP) is 4.32. The number of aryl methyl sites for hydroxylation is 1. The molecule has 202 valence electrons. The molecule has 0 atom stereocenters.